The third-order valence-electron chi connectivity index (χ3n) is 3.73. The van der Waals surface area contributed by atoms with Crippen LogP contribution in [0.1, 0.15) is 29.3 Å². The van der Waals surface area contributed by atoms with Gasteiger partial charge >= 0.3 is 0 Å². The van der Waals surface area contributed by atoms with E-state index >= 15 is 0 Å². The van der Waals surface area contributed by atoms with Crippen LogP contribution in [0, 0.1) is 5.92 Å². The molecule has 0 aromatic heterocycles. The monoisotopic (exact) mass is 332 g/mol. The van der Waals surface area contributed by atoms with Crippen LogP contribution in [-0.4, -0.2) is 24.6 Å². The number of methoxy groups -OCH3 is 1. The molecular weight excluding hydrogens is 312 g/mol. The number of ketones is 1. The van der Waals surface area contributed by atoms with Crippen molar-refractivity contribution in [1.82, 2.24) is 0 Å². The molecule has 3 nitrogen and oxygen atoms in total. The fourth-order valence-corrected chi connectivity index (χ4v) is 2.58. The first-order valence-electron chi connectivity index (χ1n) is 7.57. The zero-order valence-corrected chi connectivity index (χ0v) is 14.1. The van der Waals surface area contributed by atoms with Crippen molar-refractivity contribution in [3.8, 4) is 11.1 Å². The van der Waals surface area contributed by atoms with E-state index in [-0.39, 0.29) is 18.3 Å². The molecule has 2 rings (SSSR count). The summed E-state index contributed by atoms with van der Waals surface area (Å²) in [6.45, 7) is 2.30. The van der Waals surface area contributed by atoms with Crippen LogP contribution in [-0.2, 0) is 11.3 Å². The van der Waals surface area contributed by atoms with Gasteiger partial charge in [-0.2, -0.15) is 0 Å². The van der Waals surface area contributed by atoms with Gasteiger partial charge in [0.15, 0.2) is 5.78 Å². The van der Waals surface area contributed by atoms with Gasteiger partial charge in [-0.25, -0.2) is 0 Å². The quantitative estimate of drug-likeness (QED) is 0.766. The van der Waals surface area contributed by atoms with E-state index < -0.39 is 0 Å². The third kappa shape index (κ3) is 4.64. The summed E-state index contributed by atoms with van der Waals surface area (Å²) in [6.07, 6.45) is 0.337. The average Bonchev–Trinajstić information content (AvgIpc) is 2.56. The summed E-state index contributed by atoms with van der Waals surface area (Å²) in [7, 11) is 1.63. The van der Waals surface area contributed by atoms with E-state index in [0.29, 0.717) is 23.6 Å². The molecule has 0 saturated heterocycles. The maximum absolute atomic E-state index is 12.3. The second-order valence-electron chi connectivity index (χ2n) is 5.73. The fraction of sp³-hybridized carbons (Fsp3) is 0.316. The number of carbonyl (C=O) groups excluding carboxylic acids is 1. The molecule has 0 saturated carbocycles. The lowest BCUT2D eigenvalue weighted by atomic mass is 9.94. The number of hydrogen-bond acceptors (Lipinski definition) is 3. The van der Waals surface area contributed by atoms with Crippen LogP contribution in [0.15, 0.2) is 42.5 Å². The van der Waals surface area contributed by atoms with Crippen molar-refractivity contribution in [1.29, 1.82) is 0 Å². The summed E-state index contributed by atoms with van der Waals surface area (Å²) >= 11 is 5.94. The Kier molecular flexibility index (Phi) is 6.34. The summed E-state index contributed by atoms with van der Waals surface area (Å²) in [5.41, 5.74) is 3.66. The molecule has 0 radical (unpaired) electrons. The molecule has 0 heterocycles. The lowest BCUT2D eigenvalue weighted by Crippen LogP contribution is -2.10. The van der Waals surface area contributed by atoms with Crippen molar-refractivity contribution < 1.29 is 14.6 Å². The van der Waals surface area contributed by atoms with Crippen LogP contribution in [0.3, 0.4) is 0 Å². The summed E-state index contributed by atoms with van der Waals surface area (Å²) in [5.74, 6) is -0.00382. The van der Waals surface area contributed by atoms with Crippen molar-refractivity contribution in [3.05, 3.63) is 58.6 Å². The maximum Gasteiger partial charge on any atom is 0.163 e. The van der Waals surface area contributed by atoms with E-state index in [2.05, 4.69) is 0 Å². The van der Waals surface area contributed by atoms with Gasteiger partial charge in [-0.3, -0.25) is 4.79 Å². The largest absolute Gasteiger partial charge is 0.396 e. The number of aliphatic hydroxyl groups is 1. The molecule has 0 aliphatic rings. The van der Waals surface area contributed by atoms with Gasteiger partial charge < -0.3 is 9.84 Å². The number of aliphatic hydroxyl groups excluding tert-OH is 1. The Bertz CT molecular complexity index is 665. The Morgan fingerprint density at radius 2 is 1.91 bits per heavy atom. The standard InChI is InChI=1S/C19H21ClO3/c1-13(11-21)9-19(22)15-5-8-18(16(10-15)12-23-2)14-3-6-17(20)7-4-14/h3-8,10,13,21H,9,11-12H2,1-2H3. The molecule has 0 spiro atoms. The first-order chi connectivity index (χ1) is 11.0. The van der Waals surface area contributed by atoms with Gasteiger partial charge in [-0.05, 0) is 40.8 Å². The molecular formula is C19H21ClO3. The van der Waals surface area contributed by atoms with E-state index in [4.69, 9.17) is 21.4 Å². The predicted molar refractivity (Wildman–Crippen MR) is 92.8 cm³/mol. The highest BCUT2D eigenvalue weighted by molar-refractivity contribution is 6.30. The minimum atomic E-state index is -0.0377. The SMILES string of the molecule is COCc1cc(C(=O)CC(C)CO)ccc1-c1ccc(Cl)cc1. The van der Waals surface area contributed by atoms with Crippen molar-refractivity contribution in [2.45, 2.75) is 20.0 Å². The van der Waals surface area contributed by atoms with Crippen molar-refractivity contribution in [2.75, 3.05) is 13.7 Å². The molecule has 0 fully saturated rings. The number of rotatable bonds is 7. The average molecular weight is 333 g/mol. The van der Waals surface area contributed by atoms with Gasteiger partial charge in [0, 0.05) is 30.7 Å². The zero-order chi connectivity index (χ0) is 16.8. The van der Waals surface area contributed by atoms with E-state index in [1.807, 2.05) is 49.4 Å². The molecule has 0 bridgehead atoms. The molecule has 2 aromatic rings. The van der Waals surface area contributed by atoms with E-state index in [1.54, 1.807) is 7.11 Å². The van der Waals surface area contributed by atoms with Crippen molar-refractivity contribution in [2.24, 2.45) is 5.92 Å². The fourth-order valence-electron chi connectivity index (χ4n) is 2.45. The molecule has 4 heteroatoms. The summed E-state index contributed by atoms with van der Waals surface area (Å²) in [4.78, 5) is 12.3. The van der Waals surface area contributed by atoms with Crippen LogP contribution in [0.25, 0.3) is 11.1 Å². The first-order valence-corrected chi connectivity index (χ1v) is 7.94. The summed E-state index contributed by atoms with van der Waals surface area (Å²) in [6, 6.07) is 13.2. The van der Waals surface area contributed by atoms with Crippen LogP contribution >= 0.6 is 11.6 Å². The Morgan fingerprint density at radius 3 is 2.52 bits per heavy atom. The van der Waals surface area contributed by atoms with E-state index in [1.165, 1.54) is 0 Å². The smallest absolute Gasteiger partial charge is 0.163 e. The minimum absolute atomic E-state index is 0.0134. The second-order valence-corrected chi connectivity index (χ2v) is 6.16. The minimum Gasteiger partial charge on any atom is -0.396 e. The topological polar surface area (TPSA) is 46.5 Å². The highest BCUT2D eigenvalue weighted by Gasteiger charge is 2.14. The lowest BCUT2D eigenvalue weighted by molar-refractivity contribution is 0.0943. The van der Waals surface area contributed by atoms with Gasteiger partial charge in [0.1, 0.15) is 0 Å². The molecule has 0 aliphatic carbocycles. The second kappa shape index (κ2) is 8.25. The molecule has 1 unspecified atom stereocenters. The van der Waals surface area contributed by atoms with Crippen LogP contribution < -0.4 is 0 Å². The normalized spacial score (nSPS) is 12.2. The van der Waals surface area contributed by atoms with E-state index in [9.17, 15) is 4.79 Å². The van der Waals surface area contributed by atoms with Crippen molar-refractivity contribution >= 4 is 17.4 Å². The number of halogens is 1. The Balaban J connectivity index is 2.34. The molecule has 0 amide bonds. The molecule has 1 atom stereocenters. The molecule has 1 N–H and O–H groups in total. The van der Waals surface area contributed by atoms with E-state index in [0.717, 1.165) is 16.7 Å². The lowest BCUT2D eigenvalue weighted by Gasteiger charge is -2.13. The highest BCUT2D eigenvalue weighted by Crippen LogP contribution is 2.27. The van der Waals surface area contributed by atoms with Crippen LogP contribution in [0.4, 0.5) is 0 Å². The molecule has 0 aliphatic heterocycles. The first kappa shape index (κ1) is 17.7. The highest BCUT2D eigenvalue weighted by atomic mass is 35.5. The number of hydrogen-bond donors (Lipinski definition) is 1. The number of benzene rings is 2. The number of carbonyl (C=O) groups is 1. The van der Waals surface area contributed by atoms with Gasteiger partial charge in [0.05, 0.1) is 6.61 Å². The summed E-state index contributed by atoms with van der Waals surface area (Å²) < 4.78 is 5.27. The molecule has 122 valence electrons. The van der Waals surface area contributed by atoms with Gasteiger partial charge in [-0.1, -0.05) is 42.8 Å². The third-order valence-corrected chi connectivity index (χ3v) is 3.98. The number of ether oxygens (including phenoxy) is 1. The Hall–Kier alpha value is -1.68. The molecule has 23 heavy (non-hydrogen) atoms. The maximum atomic E-state index is 12.3. The molecule has 2 aromatic carbocycles. The Labute approximate surface area is 141 Å². The Morgan fingerprint density at radius 1 is 1.22 bits per heavy atom. The van der Waals surface area contributed by atoms with Gasteiger partial charge in [0.2, 0.25) is 0 Å². The van der Waals surface area contributed by atoms with Gasteiger partial charge in [0.25, 0.3) is 0 Å². The van der Waals surface area contributed by atoms with Crippen LogP contribution in [0.2, 0.25) is 5.02 Å². The number of Topliss-reactive ketones (excluding diaryl/α,β-unsaturated/α-hetero) is 1. The van der Waals surface area contributed by atoms with Crippen LogP contribution in [0.5, 0.6) is 0 Å². The summed E-state index contributed by atoms with van der Waals surface area (Å²) in [5, 5.41) is 9.79. The zero-order valence-electron chi connectivity index (χ0n) is 13.4. The van der Waals surface area contributed by atoms with Gasteiger partial charge in [-0.15, -0.1) is 0 Å². The van der Waals surface area contributed by atoms with Crippen molar-refractivity contribution in [3.63, 3.8) is 0 Å². The predicted octanol–water partition coefficient (Wildman–Crippen LogP) is 4.35.